The molecule has 1 aromatic rings. The highest BCUT2D eigenvalue weighted by molar-refractivity contribution is 9.10. The number of nitrogens with zero attached hydrogens (tertiary/aromatic N) is 2. The number of unbranched alkanes of at least 4 members (excludes halogenated alkanes) is 1. The zero-order chi connectivity index (χ0) is 16.7. The summed E-state index contributed by atoms with van der Waals surface area (Å²) in [5.41, 5.74) is 7.54. The number of halogens is 1. The van der Waals surface area contributed by atoms with Crippen molar-refractivity contribution in [3.8, 4) is 6.07 Å². The first-order chi connectivity index (χ1) is 11.1. The van der Waals surface area contributed by atoms with Gasteiger partial charge in [-0.2, -0.15) is 5.26 Å². The Hall–Kier alpha value is -1.49. The molecule has 0 saturated heterocycles. The van der Waals surface area contributed by atoms with Gasteiger partial charge in [-0.25, -0.2) is 0 Å². The van der Waals surface area contributed by atoms with Crippen molar-refractivity contribution in [3.05, 3.63) is 39.8 Å². The van der Waals surface area contributed by atoms with E-state index < -0.39 is 6.04 Å². The van der Waals surface area contributed by atoms with E-state index in [4.69, 9.17) is 11.0 Å². The topological polar surface area (TPSA) is 82.1 Å². The van der Waals surface area contributed by atoms with Gasteiger partial charge in [-0.05, 0) is 58.8 Å². The quantitative estimate of drug-likeness (QED) is 0.693. The lowest BCUT2D eigenvalue weighted by Gasteiger charge is -2.18. The number of nitrogens with one attached hydrogen (secondary N) is 1. The van der Waals surface area contributed by atoms with Crippen LogP contribution in [0.3, 0.4) is 0 Å². The molecule has 0 radical (unpaired) electrons. The first kappa shape index (κ1) is 17.9. The largest absolute Gasteiger partial charge is 0.384 e. The lowest BCUT2D eigenvalue weighted by Crippen LogP contribution is -2.40. The van der Waals surface area contributed by atoms with E-state index in [-0.39, 0.29) is 5.91 Å². The number of thioether (sulfide) groups is 1. The molecule has 5 nitrogen and oxygen atoms in total. The minimum Gasteiger partial charge on any atom is -0.384 e. The van der Waals surface area contributed by atoms with E-state index in [1.54, 1.807) is 35.0 Å². The van der Waals surface area contributed by atoms with E-state index >= 15 is 0 Å². The maximum Gasteiger partial charge on any atom is 0.244 e. The van der Waals surface area contributed by atoms with Crippen LogP contribution in [0, 0.1) is 11.3 Å². The average Bonchev–Trinajstić information content (AvgIpc) is 3.09. The van der Waals surface area contributed by atoms with Crippen molar-refractivity contribution in [1.82, 2.24) is 4.90 Å². The fourth-order valence-electron chi connectivity index (χ4n) is 2.20. The highest BCUT2D eigenvalue weighted by Gasteiger charge is 2.20. The molecule has 1 aliphatic rings. The number of hydrogen-bond acceptors (Lipinski definition) is 5. The molecule has 1 aromatic carbocycles. The number of carbonyl (C=O) groups excluding carboxylic acids is 1. The van der Waals surface area contributed by atoms with E-state index in [1.165, 1.54) is 0 Å². The molecular formula is C16H19BrN4OS. The van der Waals surface area contributed by atoms with E-state index in [1.807, 2.05) is 11.5 Å². The summed E-state index contributed by atoms with van der Waals surface area (Å²) in [6.45, 7) is 0.797. The molecule has 3 N–H and O–H groups in total. The van der Waals surface area contributed by atoms with Crippen LogP contribution in [-0.4, -0.2) is 29.3 Å². The van der Waals surface area contributed by atoms with Crippen molar-refractivity contribution in [1.29, 1.82) is 5.26 Å². The number of anilines is 1. The number of carbonyl (C=O) groups is 1. The molecule has 1 unspecified atom stereocenters. The normalized spacial score (nSPS) is 14.6. The second kappa shape index (κ2) is 8.96. The Labute approximate surface area is 149 Å². The van der Waals surface area contributed by atoms with Gasteiger partial charge in [0.15, 0.2) is 0 Å². The van der Waals surface area contributed by atoms with E-state index in [0.717, 1.165) is 29.5 Å². The molecule has 0 aliphatic carbocycles. The van der Waals surface area contributed by atoms with Crippen LogP contribution in [0.15, 0.2) is 34.3 Å². The van der Waals surface area contributed by atoms with Gasteiger partial charge in [0.1, 0.15) is 0 Å². The zero-order valence-corrected chi connectivity index (χ0v) is 15.1. The third kappa shape index (κ3) is 5.27. The van der Waals surface area contributed by atoms with Crippen LogP contribution >= 0.6 is 27.7 Å². The second-order valence-corrected chi connectivity index (χ2v) is 6.94. The molecule has 7 heteroatoms. The third-order valence-corrected chi connectivity index (χ3v) is 4.90. The van der Waals surface area contributed by atoms with Crippen molar-refractivity contribution < 1.29 is 4.79 Å². The number of amides is 1. The molecule has 0 saturated carbocycles. The summed E-state index contributed by atoms with van der Waals surface area (Å²) in [6, 6.07) is 7.13. The Bertz CT molecular complexity index is 629. The van der Waals surface area contributed by atoms with Crippen LogP contribution in [0.25, 0.3) is 0 Å². The maximum absolute atomic E-state index is 12.0. The van der Waals surface area contributed by atoms with E-state index in [9.17, 15) is 4.79 Å². The van der Waals surface area contributed by atoms with Gasteiger partial charge < -0.3 is 16.0 Å². The van der Waals surface area contributed by atoms with Crippen LogP contribution in [-0.2, 0) is 4.79 Å². The van der Waals surface area contributed by atoms with E-state index in [0.29, 0.717) is 17.9 Å². The molecule has 1 heterocycles. The highest BCUT2D eigenvalue weighted by atomic mass is 79.9. The van der Waals surface area contributed by atoms with Gasteiger partial charge in [-0.1, -0.05) is 0 Å². The predicted octanol–water partition coefficient (Wildman–Crippen LogP) is 3.23. The highest BCUT2D eigenvalue weighted by Crippen LogP contribution is 2.23. The van der Waals surface area contributed by atoms with Crippen molar-refractivity contribution in [3.63, 3.8) is 0 Å². The predicted molar refractivity (Wildman–Crippen MR) is 97.6 cm³/mol. The minimum atomic E-state index is -0.431. The SMILES string of the molecule is N#Cc1ccc(NCCCCC(N)C(=O)N2C=CSC2)c(Br)c1. The Morgan fingerprint density at radius 2 is 2.35 bits per heavy atom. The van der Waals surface area contributed by atoms with E-state index in [2.05, 4.69) is 27.3 Å². The summed E-state index contributed by atoms with van der Waals surface area (Å²) in [5, 5.41) is 14.1. The van der Waals surface area contributed by atoms with Gasteiger partial charge in [0.05, 0.1) is 23.6 Å². The molecule has 1 amide bonds. The molecule has 2 rings (SSSR count). The molecule has 0 spiro atoms. The molecule has 1 aliphatic heterocycles. The van der Waals surface area contributed by atoms with Crippen LogP contribution in [0.5, 0.6) is 0 Å². The van der Waals surface area contributed by atoms with Crippen molar-refractivity contribution in [2.75, 3.05) is 17.7 Å². The minimum absolute atomic E-state index is 0.00551. The molecule has 23 heavy (non-hydrogen) atoms. The second-order valence-electron chi connectivity index (χ2n) is 5.22. The number of benzene rings is 1. The monoisotopic (exact) mass is 394 g/mol. The van der Waals surface area contributed by atoms with Crippen molar-refractivity contribution >= 4 is 39.3 Å². The molecule has 122 valence electrons. The average molecular weight is 395 g/mol. The Morgan fingerprint density at radius 3 is 3.00 bits per heavy atom. The first-order valence-electron chi connectivity index (χ1n) is 7.39. The maximum atomic E-state index is 12.0. The Morgan fingerprint density at radius 1 is 1.52 bits per heavy atom. The van der Waals surface area contributed by atoms with Gasteiger partial charge in [0.25, 0.3) is 0 Å². The summed E-state index contributed by atoms with van der Waals surface area (Å²) in [4.78, 5) is 13.7. The zero-order valence-electron chi connectivity index (χ0n) is 12.7. The van der Waals surface area contributed by atoms with Crippen LogP contribution in [0.4, 0.5) is 5.69 Å². The number of nitriles is 1. The van der Waals surface area contributed by atoms with Crippen LogP contribution in [0.1, 0.15) is 24.8 Å². The van der Waals surface area contributed by atoms with Gasteiger partial charge in [0.2, 0.25) is 5.91 Å². The Kier molecular flexibility index (Phi) is 6.96. The first-order valence-corrected chi connectivity index (χ1v) is 9.24. The smallest absolute Gasteiger partial charge is 0.244 e. The van der Waals surface area contributed by atoms with Crippen molar-refractivity contribution in [2.24, 2.45) is 5.73 Å². The molecule has 0 bridgehead atoms. The fraction of sp³-hybridized carbons (Fsp3) is 0.375. The molecule has 0 fully saturated rings. The Balaban J connectivity index is 1.66. The molecular weight excluding hydrogens is 376 g/mol. The summed E-state index contributed by atoms with van der Waals surface area (Å²) in [7, 11) is 0. The number of rotatable bonds is 7. The van der Waals surface area contributed by atoms with Gasteiger partial charge in [-0.15, -0.1) is 11.8 Å². The summed E-state index contributed by atoms with van der Waals surface area (Å²) in [6.07, 6.45) is 4.29. The van der Waals surface area contributed by atoms with Crippen LogP contribution in [0.2, 0.25) is 0 Å². The van der Waals surface area contributed by atoms with Crippen molar-refractivity contribution in [2.45, 2.75) is 25.3 Å². The lowest BCUT2D eigenvalue weighted by molar-refractivity contribution is -0.129. The lowest BCUT2D eigenvalue weighted by atomic mass is 10.1. The number of hydrogen-bond donors (Lipinski definition) is 2. The van der Waals surface area contributed by atoms with Gasteiger partial charge in [0, 0.05) is 22.9 Å². The third-order valence-electron chi connectivity index (χ3n) is 3.51. The van der Waals surface area contributed by atoms with Gasteiger partial charge in [-0.3, -0.25) is 4.79 Å². The molecule has 0 aromatic heterocycles. The molecule has 1 atom stereocenters. The van der Waals surface area contributed by atoms with Crippen LogP contribution < -0.4 is 11.1 Å². The summed E-state index contributed by atoms with van der Waals surface area (Å²) in [5.74, 6) is 0.662. The summed E-state index contributed by atoms with van der Waals surface area (Å²) < 4.78 is 0.877. The standard InChI is InChI=1S/C16H19BrN4OS/c17-13-9-12(10-18)4-5-15(13)20-6-2-1-3-14(19)16(22)21-7-8-23-11-21/h4-5,7-9,14,20H,1-3,6,11,19H2. The number of nitrogens with two attached hydrogens (primary N) is 1. The fourth-order valence-corrected chi connectivity index (χ4v) is 3.41. The van der Waals surface area contributed by atoms with Gasteiger partial charge >= 0.3 is 0 Å². The summed E-state index contributed by atoms with van der Waals surface area (Å²) >= 11 is 5.04.